The zero-order valence-electron chi connectivity index (χ0n) is 27.5. The smallest absolute Gasteiger partial charge is 0.323 e. The van der Waals surface area contributed by atoms with E-state index in [1.807, 2.05) is 32.9 Å². The number of rotatable bonds is 17. The van der Waals surface area contributed by atoms with Crippen molar-refractivity contribution in [3.05, 3.63) is 64.6 Å². The van der Waals surface area contributed by atoms with Gasteiger partial charge in [0.2, 0.25) is 5.95 Å². The summed E-state index contributed by atoms with van der Waals surface area (Å²) in [5.74, 6) is -0.514. The monoisotopic (exact) mass is 667 g/mol. The largest absolute Gasteiger partial charge is 0.464 e. The van der Waals surface area contributed by atoms with Crippen LogP contribution in [0.1, 0.15) is 80.5 Å². The van der Waals surface area contributed by atoms with Crippen LogP contribution in [0, 0.1) is 6.92 Å². The molecule has 0 spiro atoms. The minimum atomic E-state index is -0.458. The molecular weight excluding hydrogens is 622 g/mol. The van der Waals surface area contributed by atoms with Gasteiger partial charge in [0, 0.05) is 29.4 Å². The van der Waals surface area contributed by atoms with Crippen molar-refractivity contribution in [2.24, 2.45) is 0 Å². The number of hydrogen-bond acceptors (Lipinski definition) is 10. The molecule has 0 bridgehead atoms. The number of aromatic amines is 1. The van der Waals surface area contributed by atoms with Gasteiger partial charge in [0.15, 0.2) is 0 Å². The molecule has 3 aromatic rings. The molecule has 254 valence electrons. The number of ether oxygens (including phenoxy) is 2. The molecule has 0 aliphatic carbocycles. The Kier molecular flexibility index (Phi) is 13.6. The second kappa shape index (κ2) is 17.8. The Morgan fingerprint density at radius 1 is 1.17 bits per heavy atom. The van der Waals surface area contributed by atoms with Crippen LogP contribution in [-0.2, 0) is 19.1 Å². The molecule has 4 atom stereocenters. The van der Waals surface area contributed by atoms with Crippen LogP contribution in [0.15, 0.2) is 42.7 Å². The van der Waals surface area contributed by atoms with E-state index in [0.29, 0.717) is 40.8 Å². The normalized spacial score (nSPS) is 16.2. The minimum Gasteiger partial charge on any atom is -0.464 e. The van der Waals surface area contributed by atoms with E-state index in [1.54, 1.807) is 37.5 Å². The van der Waals surface area contributed by atoms with Crippen molar-refractivity contribution in [1.82, 2.24) is 30.9 Å². The van der Waals surface area contributed by atoms with Crippen LogP contribution in [0.5, 0.6) is 0 Å². The number of carbonyl (C=O) groups is 3. The van der Waals surface area contributed by atoms with Gasteiger partial charge < -0.3 is 35.7 Å². The predicted molar refractivity (Wildman–Crippen MR) is 181 cm³/mol. The lowest BCUT2D eigenvalue weighted by molar-refractivity contribution is -0.146. The van der Waals surface area contributed by atoms with Crippen molar-refractivity contribution in [1.29, 1.82) is 0 Å². The fourth-order valence-corrected chi connectivity index (χ4v) is 5.41. The summed E-state index contributed by atoms with van der Waals surface area (Å²) < 4.78 is 11.0. The number of aromatic nitrogens is 3. The number of esters is 2. The summed E-state index contributed by atoms with van der Waals surface area (Å²) in [6.07, 6.45) is 7.17. The first-order valence-corrected chi connectivity index (χ1v) is 16.7. The van der Waals surface area contributed by atoms with E-state index in [9.17, 15) is 14.4 Å². The highest BCUT2D eigenvalue weighted by Gasteiger charge is 2.25. The molecular formula is C34H46ClN7O5. The number of nitrogens with zero attached hydrogens (tertiary/aromatic N) is 2. The van der Waals surface area contributed by atoms with Crippen LogP contribution in [0.3, 0.4) is 0 Å². The number of nitrogens with one attached hydrogen (secondary N) is 5. The van der Waals surface area contributed by atoms with Crippen molar-refractivity contribution in [3.63, 3.8) is 0 Å². The highest BCUT2D eigenvalue weighted by atomic mass is 35.5. The fourth-order valence-electron chi connectivity index (χ4n) is 5.21. The van der Waals surface area contributed by atoms with Gasteiger partial charge in [0.1, 0.15) is 24.4 Å². The third-order valence-corrected chi connectivity index (χ3v) is 8.27. The van der Waals surface area contributed by atoms with Gasteiger partial charge in [-0.2, -0.15) is 0 Å². The summed E-state index contributed by atoms with van der Waals surface area (Å²) >= 11 is 6.26. The lowest BCUT2D eigenvalue weighted by Gasteiger charge is -2.20. The molecule has 1 saturated heterocycles. The van der Waals surface area contributed by atoms with E-state index in [2.05, 4.69) is 31.2 Å². The van der Waals surface area contributed by atoms with Gasteiger partial charge in [-0.15, -0.1) is 0 Å². The number of aryl methyl sites for hydroxylation is 1. The molecule has 4 rings (SSSR count). The molecule has 12 nitrogen and oxygen atoms in total. The van der Waals surface area contributed by atoms with Gasteiger partial charge >= 0.3 is 11.9 Å². The van der Waals surface area contributed by atoms with Gasteiger partial charge in [-0.05, 0) is 81.9 Å². The summed E-state index contributed by atoms with van der Waals surface area (Å²) in [6, 6.07) is 7.69. The average molecular weight is 668 g/mol. The Labute approximate surface area is 281 Å². The standard InChI is InChI=1S/C34H46ClN7O5/c1-5-13-36-22(4)32(44)46-15-12-27(23-9-7-10-25(35)16-23)41-31(43)29-17-24(19-38-29)30-21(3)18-39-34(42-30)40-26(6-2)20-47-33(45)28-11-8-14-37-28/h7,9-10,16-19,22,26-28,36-38H,5-6,8,11-15,20H2,1-4H3,(H,41,43)(H,39,40,42)/t22-,26+,27+,28-/m0/s1. The number of amides is 1. The summed E-state index contributed by atoms with van der Waals surface area (Å²) in [5.41, 5.74) is 3.34. The van der Waals surface area contributed by atoms with E-state index in [4.69, 9.17) is 26.1 Å². The number of H-pyrrole nitrogens is 1. The summed E-state index contributed by atoms with van der Waals surface area (Å²) in [6.45, 7) is 9.56. The molecule has 3 heterocycles. The SMILES string of the molecule is CCCN[C@@H](C)C(=O)OCC[C@@H](NC(=O)c1cc(-c2nc(N[C@H](CC)COC(=O)[C@@H]3CCCN3)ncc2C)c[nH]1)c1cccc(Cl)c1. The number of halogens is 1. The lowest BCUT2D eigenvalue weighted by Crippen LogP contribution is -2.36. The fraction of sp³-hybridized carbons (Fsp3) is 0.500. The molecule has 1 aromatic carbocycles. The predicted octanol–water partition coefficient (Wildman–Crippen LogP) is 4.71. The first-order chi connectivity index (χ1) is 22.7. The molecule has 2 aromatic heterocycles. The van der Waals surface area contributed by atoms with E-state index in [1.165, 1.54) is 0 Å². The quantitative estimate of drug-likeness (QED) is 0.128. The highest BCUT2D eigenvalue weighted by Crippen LogP contribution is 2.25. The molecule has 5 N–H and O–H groups in total. The van der Waals surface area contributed by atoms with Crippen LogP contribution < -0.4 is 21.3 Å². The van der Waals surface area contributed by atoms with Gasteiger partial charge in [-0.1, -0.05) is 37.6 Å². The Morgan fingerprint density at radius 3 is 2.72 bits per heavy atom. The third-order valence-electron chi connectivity index (χ3n) is 8.03. The van der Waals surface area contributed by atoms with Crippen LogP contribution >= 0.6 is 11.6 Å². The van der Waals surface area contributed by atoms with Crippen molar-refractivity contribution < 1.29 is 23.9 Å². The second-order valence-corrected chi connectivity index (χ2v) is 12.2. The second-order valence-electron chi connectivity index (χ2n) is 11.8. The van der Waals surface area contributed by atoms with E-state index in [0.717, 1.165) is 43.5 Å². The Bertz CT molecular complexity index is 1490. The van der Waals surface area contributed by atoms with Crippen LogP contribution in [-0.4, -0.2) is 77.2 Å². The zero-order chi connectivity index (χ0) is 33.8. The zero-order valence-corrected chi connectivity index (χ0v) is 28.3. The van der Waals surface area contributed by atoms with E-state index in [-0.39, 0.29) is 43.1 Å². The maximum Gasteiger partial charge on any atom is 0.323 e. The van der Waals surface area contributed by atoms with Crippen LogP contribution in [0.2, 0.25) is 5.02 Å². The molecule has 1 aliphatic rings. The number of hydrogen-bond donors (Lipinski definition) is 5. The van der Waals surface area contributed by atoms with Crippen LogP contribution in [0.4, 0.5) is 5.95 Å². The maximum atomic E-state index is 13.5. The number of benzene rings is 1. The van der Waals surface area contributed by atoms with Gasteiger partial charge in [0.25, 0.3) is 5.91 Å². The lowest BCUT2D eigenvalue weighted by atomic mass is 10.0. The molecule has 0 radical (unpaired) electrons. The minimum absolute atomic E-state index is 0.121. The first kappa shape index (κ1) is 35.8. The number of carbonyl (C=O) groups excluding carboxylic acids is 3. The van der Waals surface area contributed by atoms with Crippen molar-refractivity contribution in [2.45, 2.75) is 84.0 Å². The molecule has 0 unspecified atom stereocenters. The van der Waals surface area contributed by atoms with Crippen molar-refractivity contribution >= 4 is 35.4 Å². The third kappa shape index (κ3) is 10.5. The molecule has 0 saturated carbocycles. The first-order valence-electron chi connectivity index (χ1n) is 16.3. The number of anilines is 1. The highest BCUT2D eigenvalue weighted by molar-refractivity contribution is 6.30. The van der Waals surface area contributed by atoms with Gasteiger partial charge in [-0.3, -0.25) is 14.4 Å². The molecule has 1 fully saturated rings. The maximum absolute atomic E-state index is 13.5. The Hall–Kier alpha value is -4.00. The summed E-state index contributed by atoms with van der Waals surface area (Å²) in [4.78, 5) is 50.4. The van der Waals surface area contributed by atoms with Crippen LogP contribution in [0.25, 0.3) is 11.3 Å². The Morgan fingerprint density at radius 2 is 2.00 bits per heavy atom. The average Bonchev–Trinajstić information content (AvgIpc) is 3.79. The van der Waals surface area contributed by atoms with Gasteiger partial charge in [-0.25, -0.2) is 9.97 Å². The topological polar surface area (TPSA) is 159 Å². The summed E-state index contributed by atoms with van der Waals surface area (Å²) in [7, 11) is 0. The van der Waals surface area contributed by atoms with Crippen molar-refractivity contribution in [2.75, 3.05) is 31.6 Å². The van der Waals surface area contributed by atoms with Gasteiger partial charge in [0.05, 0.1) is 24.4 Å². The van der Waals surface area contributed by atoms with Crippen molar-refractivity contribution in [3.8, 4) is 11.3 Å². The van der Waals surface area contributed by atoms with E-state index < -0.39 is 12.1 Å². The van der Waals surface area contributed by atoms with E-state index >= 15 is 0 Å². The molecule has 47 heavy (non-hydrogen) atoms. The molecule has 13 heteroatoms. The molecule has 1 aliphatic heterocycles. The Balaban J connectivity index is 1.41. The summed E-state index contributed by atoms with van der Waals surface area (Å²) in [5, 5.41) is 13.1. The molecule has 1 amide bonds.